The first-order valence-electron chi connectivity index (χ1n) is 3.56. The Morgan fingerprint density at radius 3 is 2.47 bits per heavy atom. The van der Waals surface area contributed by atoms with E-state index in [9.17, 15) is 22.6 Å². The largest absolute Gasteiger partial charge is 0.757 e. The Morgan fingerprint density at radius 1 is 1.40 bits per heavy atom. The van der Waals surface area contributed by atoms with Gasteiger partial charge in [0.1, 0.15) is 5.75 Å². The summed E-state index contributed by atoms with van der Waals surface area (Å²) in [7, 11) is 0. The molecule has 0 fully saturated rings. The van der Waals surface area contributed by atoms with Crippen LogP contribution in [0.4, 0.5) is 13.2 Å². The Balaban J connectivity index is 2.99. The molecule has 1 rings (SSSR count). The summed E-state index contributed by atoms with van der Waals surface area (Å²) in [6.07, 6.45) is -4.56. The molecule has 0 radical (unpaired) electrons. The molecule has 0 spiro atoms. The minimum Gasteiger partial charge on any atom is -0.757 e. The van der Waals surface area contributed by atoms with Crippen LogP contribution in [0.3, 0.4) is 0 Å². The Labute approximate surface area is 87.8 Å². The molecule has 0 aliphatic heterocycles. The lowest BCUT2D eigenvalue weighted by molar-refractivity contribution is -0.183. The maximum absolute atomic E-state index is 12.2. The van der Waals surface area contributed by atoms with Crippen LogP contribution < -0.4 is 9.42 Å². The van der Waals surface area contributed by atoms with Crippen molar-refractivity contribution in [2.24, 2.45) is 0 Å². The first-order chi connectivity index (χ1) is 6.68. The van der Waals surface area contributed by atoms with Gasteiger partial charge in [-0.15, -0.1) is 0 Å². The van der Waals surface area contributed by atoms with Crippen LogP contribution in [0.25, 0.3) is 0 Å². The molecular formula is C7H4ClF3O3P-. The molecule has 0 amide bonds. The van der Waals surface area contributed by atoms with Gasteiger partial charge in [-0.2, -0.15) is 13.2 Å². The van der Waals surface area contributed by atoms with Gasteiger partial charge >= 0.3 is 6.18 Å². The van der Waals surface area contributed by atoms with Gasteiger partial charge in [-0.25, -0.2) is 0 Å². The van der Waals surface area contributed by atoms with Crippen molar-refractivity contribution in [1.82, 2.24) is 0 Å². The van der Waals surface area contributed by atoms with Crippen LogP contribution in [0, 0.1) is 0 Å². The van der Waals surface area contributed by atoms with Crippen LogP contribution in [-0.4, -0.2) is 0 Å². The number of rotatable bonds is 2. The second-order valence-corrected chi connectivity index (χ2v) is 4.83. The van der Waals surface area contributed by atoms with Gasteiger partial charge in [0.05, 0.1) is 5.56 Å². The van der Waals surface area contributed by atoms with E-state index < -0.39 is 24.4 Å². The van der Waals surface area contributed by atoms with E-state index in [4.69, 9.17) is 11.2 Å². The molecule has 0 saturated heterocycles. The molecular weight excluding hydrogens is 255 g/mol. The van der Waals surface area contributed by atoms with E-state index in [1.807, 2.05) is 0 Å². The van der Waals surface area contributed by atoms with Crippen molar-refractivity contribution in [2.45, 2.75) is 6.18 Å². The quantitative estimate of drug-likeness (QED) is 0.767. The van der Waals surface area contributed by atoms with Crippen LogP contribution in [0.1, 0.15) is 5.56 Å². The highest BCUT2D eigenvalue weighted by atomic mass is 35.7. The Hall–Kier alpha value is -0.710. The molecule has 0 aliphatic rings. The standard InChI is InChI=1S/C7H5ClF3O3P/c8-15(12,13)14-6-3-1-2-5(4-6)7(9,10)11/h1-4H,(H,12,13)/p-1. The van der Waals surface area contributed by atoms with Gasteiger partial charge in [-0.05, 0) is 29.4 Å². The Kier molecular flexibility index (Phi) is 3.33. The summed E-state index contributed by atoms with van der Waals surface area (Å²) in [6, 6.07) is 3.41. The molecule has 0 aromatic heterocycles. The average Bonchev–Trinajstić information content (AvgIpc) is 1.99. The third kappa shape index (κ3) is 4.11. The highest BCUT2D eigenvalue weighted by molar-refractivity contribution is 7.79. The molecule has 1 unspecified atom stereocenters. The van der Waals surface area contributed by atoms with Gasteiger partial charge in [0, 0.05) is 0 Å². The third-order valence-electron chi connectivity index (χ3n) is 1.38. The van der Waals surface area contributed by atoms with Crippen LogP contribution >= 0.6 is 18.2 Å². The monoisotopic (exact) mass is 259 g/mol. The zero-order valence-electron chi connectivity index (χ0n) is 6.99. The second-order valence-electron chi connectivity index (χ2n) is 2.55. The summed E-state index contributed by atoms with van der Waals surface area (Å²) < 4.78 is 51.0. The third-order valence-corrected chi connectivity index (χ3v) is 2.01. The predicted molar refractivity (Wildman–Crippen MR) is 45.5 cm³/mol. The van der Waals surface area contributed by atoms with E-state index >= 15 is 0 Å². The van der Waals surface area contributed by atoms with E-state index in [0.29, 0.717) is 6.07 Å². The van der Waals surface area contributed by atoms with Crippen LogP contribution in [-0.2, 0) is 10.7 Å². The van der Waals surface area contributed by atoms with Gasteiger partial charge in [0.25, 0.3) is 6.95 Å². The molecule has 3 nitrogen and oxygen atoms in total. The van der Waals surface area contributed by atoms with Crippen LogP contribution in [0.2, 0.25) is 0 Å². The van der Waals surface area contributed by atoms with Crippen LogP contribution in [0.15, 0.2) is 24.3 Å². The number of hydrogen-bond acceptors (Lipinski definition) is 3. The zero-order chi connectivity index (χ0) is 11.7. The van der Waals surface area contributed by atoms with Crippen molar-refractivity contribution in [3.63, 3.8) is 0 Å². The minimum absolute atomic E-state index is 0.474. The molecule has 0 saturated carbocycles. The molecule has 1 aromatic rings. The van der Waals surface area contributed by atoms with Crippen molar-refractivity contribution in [3.05, 3.63) is 29.8 Å². The highest BCUT2D eigenvalue weighted by Gasteiger charge is 2.30. The molecule has 84 valence electrons. The van der Waals surface area contributed by atoms with Crippen LogP contribution in [0.5, 0.6) is 5.75 Å². The van der Waals surface area contributed by atoms with Crippen molar-refractivity contribution in [1.29, 1.82) is 0 Å². The first-order valence-corrected chi connectivity index (χ1v) is 6.01. The molecule has 1 atom stereocenters. The lowest BCUT2D eigenvalue weighted by atomic mass is 10.2. The minimum atomic E-state index is -4.60. The van der Waals surface area contributed by atoms with Crippen molar-refractivity contribution >= 4 is 18.2 Å². The normalized spacial score (nSPS) is 15.8. The summed E-state index contributed by atoms with van der Waals surface area (Å²) in [6.45, 7) is -4.60. The molecule has 15 heavy (non-hydrogen) atoms. The van der Waals surface area contributed by atoms with E-state index in [-0.39, 0.29) is 0 Å². The van der Waals surface area contributed by atoms with Crippen molar-refractivity contribution in [3.8, 4) is 5.75 Å². The SMILES string of the molecule is O=P([O-])(Cl)Oc1cccc(C(F)(F)F)c1. The van der Waals surface area contributed by atoms with E-state index in [2.05, 4.69) is 4.52 Å². The topological polar surface area (TPSA) is 49.4 Å². The van der Waals surface area contributed by atoms with Crippen molar-refractivity contribution < 1.29 is 27.2 Å². The molecule has 0 heterocycles. The first kappa shape index (κ1) is 12.4. The molecule has 1 aromatic carbocycles. The molecule has 0 bridgehead atoms. The van der Waals surface area contributed by atoms with Gasteiger partial charge in [-0.1, -0.05) is 6.07 Å². The lowest BCUT2D eigenvalue weighted by Crippen LogP contribution is -2.06. The number of benzene rings is 1. The van der Waals surface area contributed by atoms with Gasteiger partial charge in [-0.3, -0.25) is 4.57 Å². The van der Waals surface area contributed by atoms with Crippen molar-refractivity contribution in [2.75, 3.05) is 0 Å². The summed E-state index contributed by atoms with van der Waals surface area (Å²) in [5.41, 5.74) is -1.01. The number of alkyl halides is 3. The Morgan fingerprint density at radius 2 is 2.00 bits per heavy atom. The van der Waals surface area contributed by atoms with Gasteiger partial charge in [0.15, 0.2) is 0 Å². The summed E-state index contributed by atoms with van der Waals surface area (Å²) in [4.78, 5) is 10.5. The number of halogens is 4. The summed E-state index contributed by atoms with van der Waals surface area (Å²) in [5.74, 6) is -0.474. The highest BCUT2D eigenvalue weighted by Crippen LogP contribution is 2.44. The maximum Gasteiger partial charge on any atom is 0.416 e. The van der Waals surface area contributed by atoms with E-state index in [0.717, 1.165) is 18.2 Å². The fraction of sp³-hybridized carbons (Fsp3) is 0.143. The average molecular weight is 260 g/mol. The molecule has 0 aliphatic carbocycles. The van der Waals surface area contributed by atoms with Gasteiger partial charge in [0.2, 0.25) is 0 Å². The zero-order valence-corrected chi connectivity index (χ0v) is 8.64. The predicted octanol–water partition coefficient (Wildman–Crippen LogP) is 2.79. The van der Waals surface area contributed by atoms with Gasteiger partial charge < -0.3 is 9.42 Å². The van der Waals surface area contributed by atoms with E-state index in [1.165, 1.54) is 0 Å². The molecule has 0 N–H and O–H groups in total. The smallest absolute Gasteiger partial charge is 0.416 e. The Bertz CT molecular complexity index is 401. The fourth-order valence-electron chi connectivity index (χ4n) is 0.855. The lowest BCUT2D eigenvalue weighted by Gasteiger charge is -2.17. The second kappa shape index (κ2) is 4.04. The fourth-order valence-corrected chi connectivity index (χ4v) is 1.46. The summed E-state index contributed by atoms with van der Waals surface area (Å²) in [5, 5.41) is 0. The maximum atomic E-state index is 12.2. The summed E-state index contributed by atoms with van der Waals surface area (Å²) >= 11 is 4.73. The van der Waals surface area contributed by atoms with E-state index in [1.54, 1.807) is 0 Å². The number of hydrogen-bond donors (Lipinski definition) is 0. The molecule has 8 heteroatoms.